The van der Waals surface area contributed by atoms with E-state index in [0.717, 1.165) is 28.2 Å². The maximum atomic E-state index is 4.46. The van der Waals surface area contributed by atoms with Gasteiger partial charge < -0.3 is 5.32 Å². The molecule has 0 unspecified atom stereocenters. The van der Waals surface area contributed by atoms with Crippen molar-refractivity contribution < 1.29 is 0 Å². The number of anilines is 2. The topological polar surface area (TPSA) is 24.4 Å². The van der Waals surface area contributed by atoms with Gasteiger partial charge in [-0.2, -0.15) is 0 Å². The van der Waals surface area contributed by atoms with E-state index in [9.17, 15) is 0 Å². The number of hydrogen-bond donors (Lipinski definition) is 1. The molecule has 2 heteroatoms. The summed E-state index contributed by atoms with van der Waals surface area (Å²) in [7, 11) is 0. The Bertz CT molecular complexity index is 571. The molecule has 77 valence electrons. The summed E-state index contributed by atoms with van der Waals surface area (Å²) < 4.78 is 0. The van der Waals surface area contributed by atoms with Gasteiger partial charge in [-0.25, -0.2) is 0 Å². The number of nitrogens with one attached hydrogen (secondary N) is 1. The van der Waals surface area contributed by atoms with E-state index >= 15 is 0 Å². The molecule has 2 nitrogen and oxygen atoms in total. The minimum Gasteiger partial charge on any atom is -0.353 e. The van der Waals surface area contributed by atoms with Crippen molar-refractivity contribution in [1.29, 1.82) is 0 Å². The van der Waals surface area contributed by atoms with Gasteiger partial charge in [0.05, 0.1) is 11.4 Å². The molecule has 1 aliphatic rings. The van der Waals surface area contributed by atoms with Gasteiger partial charge in [-0.1, -0.05) is 24.3 Å². The van der Waals surface area contributed by atoms with Crippen LogP contribution < -0.4 is 5.32 Å². The Morgan fingerprint density at radius 1 is 0.938 bits per heavy atom. The van der Waals surface area contributed by atoms with E-state index in [-0.39, 0.29) is 0 Å². The Morgan fingerprint density at radius 2 is 1.75 bits per heavy atom. The molecule has 2 aromatic rings. The summed E-state index contributed by atoms with van der Waals surface area (Å²) in [5, 5.41) is 3.38. The van der Waals surface area contributed by atoms with Crippen molar-refractivity contribution in [1.82, 2.24) is 0 Å². The van der Waals surface area contributed by atoms with Crippen molar-refractivity contribution in [3.05, 3.63) is 60.5 Å². The van der Waals surface area contributed by atoms with Gasteiger partial charge in [0, 0.05) is 17.5 Å². The minimum absolute atomic E-state index is 0.957. The molecular formula is C14H11N2. The van der Waals surface area contributed by atoms with Crippen molar-refractivity contribution in [2.75, 3.05) is 5.32 Å². The Balaban J connectivity index is 2.21. The first-order valence-corrected chi connectivity index (χ1v) is 5.20. The highest BCUT2D eigenvalue weighted by Gasteiger charge is 2.09. The van der Waals surface area contributed by atoms with Crippen molar-refractivity contribution in [3.8, 4) is 0 Å². The Kier molecular flexibility index (Phi) is 2.00. The van der Waals surface area contributed by atoms with Crippen molar-refractivity contribution in [2.24, 2.45) is 4.99 Å². The van der Waals surface area contributed by atoms with Crippen LogP contribution in [0.15, 0.2) is 47.5 Å². The lowest BCUT2D eigenvalue weighted by atomic mass is 10.1. The normalized spacial score (nSPS) is 12.3. The average molecular weight is 207 g/mol. The fourth-order valence-electron chi connectivity index (χ4n) is 1.85. The Morgan fingerprint density at radius 3 is 2.69 bits per heavy atom. The maximum absolute atomic E-state index is 4.46. The quantitative estimate of drug-likeness (QED) is 0.597. The predicted octanol–water partition coefficient (Wildman–Crippen LogP) is 3.68. The number of fused-ring (bicyclic) bond motifs is 2. The lowest BCUT2D eigenvalue weighted by Crippen LogP contribution is -1.95. The number of rotatable bonds is 0. The largest absolute Gasteiger partial charge is 0.353 e. The lowest BCUT2D eigenvalue weighted by molar-refractivity contribution is 1.51. The SMILES string of the molecule is [CH2]c1cccc2c1C=Nc1ccccc1N2. The molecule has 1 heterocycles. The van der Waals surface area contributed by atoms with Gasteiger partial charge in [0.25, 0.3) is 0 Å². The molecule has 2 aromatic carbocycles. The highest BCUT2D eigenvalue weighted by Crippen LogP contribution is 2.32. The van der Waals surface area contributed by atoms with Crippen LogP contribution in [0.5, 0.6) is 0 Å². The van der Waals surface area contributed by atoms with E-state index in [1.165, 1.54) is 0 Å². The Hall–Kier alpha value is -2.09. The van der Waals surface area contributed by atoms with Crippen molar-refractivity contribution >= 4 is 23.3 Å². The summed E-state index contributed by atoms with van der Waals surface area (Å²) in [5.41, 5.74) is 5.09. The molecular weight excluding hydrogens is 196 g/mol. The van der Waals surface area contributed by atoms with E-state index in [1.807, 2.05) is 48.7 Å². The third-order valence-electron chi connectivity index (χ3n) is 2.70. The monoisotopic (exact) mass is 207 g/mol. The molecule has 0 bridgehead atoms. The smallest absolute Gasteiger partial charge is 0.0864 e. The molecule has 0 spiro atoms. The molecule has 0 aromatic heterocycles. The van der Waals surface area contributed by atoms with Gasteiger partial charge >= 0.3 is 0 Å². The third kappa shape index (κ3) is 1.39. The molecule has 1 N–H and O–H groups in total. The molecule has 1 radical (unpaired) electrons. The van der Waals surface area contributed by atoms with Gasteiger partial charge in [-0.05, 0) is 30.7 Å². The molecule has 3 rings (SSSR count). The molecule has 16 heavy (non-hydrogen) atoms. The zero-order chi connectivity index (χ0) is 11.0. The number of para-hydroxylation sites is 2. The van der Waals surface area contributed by atoms with E-state index < -0.39 is 0 Å². The zero-order valence-electron chi connectivity index (χ0n) is 8.77. The van der Waals surface area contributed by atoms with Crippen LogP contribution in [0, 0.1) is 6.92 Å². The van der Waals surface area contributed by atoms with Crippen molar-refractivity contribution in [2.45, 2.75) is 0 Å². The summed E-state index contributed by atoms with van der Waals surface area (Å²) >= 11 is 0. The van der Waals surface area contributed by atoms with Crippen LogP contribution in [-0.2, 0) is 0 Å². The van der Waals surface area contributed by atoms with Gasteiger partial charge in [0.15, 0.2) is 0 Å². The van der Waals surface area contributed by atoms with Gasteiger partial charge in [-0.15, -0.1) is 0 Å². The van der Waals surface area contributed by atoms with Crippen LogP contribution in [-0.4, -0.2) is 6.21 Å². The van der Waals surface area contributed by atoms with Crippen molar-refractivity contribution in [3.63, 3.8) is 0 Å². The van der Waals surface area contributed by atoms with Crippen LogP contribution in [0.2, 0.25) is 0 Å². The number of benzene rings is 2. The second-order valence-corrected chi connectivity index (χ2v) is 3.78. The molecule has 0 saturated carbocycles. The molecule has 1 aliphatic heterocycles. The van der Waals surface area contributed by atoms with Crippen LogP contribution in [0.3, 0.4) is 0 Å². The van der Waals surface area contributed by atoms with Gasteiger partial charge in [-0.3, -0.25) is 4.99 Å². The summed E-state index contributed by atoms with van der Waals surface area (Å²) in [6, 6.07) is 14.0. The Labute approximate surface area is 94.7 Å². The van der Waals surface area contributed by atoms with E-state index in [0.29, 0.717) is 0 Å². The second kappa shape index (κ2) is 3.49. The summed E-state index contributed by atoms with van der Waals surface area (Å²) in [6.45, 7) is 4.01. The third-order valence-corrected chi connectivity index (χ3v) is 2.70. The first-order valence-electron chi connectivity index (χ1n) is 5.20. The summed E-state index contributed by atoms with van der Waals surface area (Å²) in [4.78, 5) is 4.46. The van der Waals surface area contributed by atoms with Crippen LogP contribution in [0.1, 0.15) is 11.1 Å². The fraction of sp³-hybridized carbons (Fsp3) is 0. The molecule has 0 atom stereocenters. The molecule has 0 amide bonds. The second-order valence-electron chi connectivity index (χ2n) is 3.78. The number of nitrogens with zero attached hydrogens (tertiary/aromatic N) is 1. The van der Waals surface area contributed by atoms with Gasteiger partial charge in [0.1, 0.15) is 0 Å². The summed E-state index contributed by atoms with van der Waals surface area (Å²) in [5.74, 6) is 0. The highest BCUT2D eigenvalue weighted by atomic mass is 14.9. The first-order chi connectivity index (χ1) is 7.84. The molecule has 0 aliphatic carbocycles. The lowest BCUT2D eigenvalue weighted by Gasteiger charge is -2.09. The molecule has 0 saturated heterocycles. The zero-order valence-corrected chi connectivity index (χ0v) is 8.77. The van der Waals surface area contributed by atoms with Crippen LogP contribution in [0.4, 0.5) is 17.1 Å². The number of aliphatic imine (C=N–C) groups is 1. The fourth-order valence-corrected chi connectivity index (χ4v) is 1.85. The summed E-state index contributed by atoms with van der Waals surface area (Å²) in [6.07, 6.45) is 1.87. The first kappa shape index (κ1) is 9.16. The maximum Gasteiger partial charge on any atom is 0.0864 e. The standard InChI is InChI=1S/C14H11N2/c1-10-5-4-8-12-11(10)9-15-13-6-2-3-7-14(13)16-12/h2-9,16H,1H2. The predicted molar refractivity (Wildman–Crippen MR) is 67.9 cm³/mol. The van der Waals surface area contributed by atoms with E-state index in [2.05, 4.69) is 17.2 Å². The van der Waals surface area contributed by atoms with Gasteiger partial charge in [0.2, 0.25) is 0 Å². The number of hydrogen-bond acceptors (Lipinski definition) is 2. The molecule has 0 fully saturated rings. The minimum atomic E-state index is 0.957. The average Bonchev–Trinajstić information content (AvgIpc) is 2.48. The van der Waals surface area contributed by atoms with Crippen LogP contribution >= 0.6 is 0 Å². The van der Waals surface area contributed by atoms with Crippen LogP contribution in [0.25, 0.3) is 0 Å². The highest BCUT2D eigenvalue weighted by molar-refractivity contribution is 5.96. The van der Waals surface area contributed by atoms with E-state index in [4.69, 9.17) is 0 Å². The van der Waals surface area contributed by atoms with E-state index in [1.54, 1.807) is 0 Å².